The fourth-order valence-electron chi connectivity index (χ4n) is 7.70. The second-order valence-electron chi connectivity index (χ2n) is 17.6. The van der Waals surface area contributed by atoms with Gasteiger partial charge in [0.05, 0.1) is 13.2 Å². The molecule has 0 unspecified atom stereocenters. The summed E-state index contributed by atoms with van der Waals surface area (Å²) in [6.45, 7) is 15.2. The molecule has 0 aliphatic carbocycles. The van der Waals surface area contributed by atoms with Gasteiger partial charge >= 0.3 is 5.97 Å². The summed E-state index contributed by atoms with van der Waals surface area (Å²) < 4.78 is 5.41. The van der Waals surface area contributed by atoms with E-state index in [4.69, 9.17) is 4.74 Å². The summed E-state index contributed by atoms with van der Waals surface area (Å²) in [7, 11) is 0. The number of unbranched alkanes of at least 4 members (excludes halogenated alkanes) is 31. The highest BCUT2D eigenvalue weighted by Gasteiger charge is 2.05. The van der Waals surface area contributed by atoms with Crippen LogP contribution in [0.25, 0.3) is 0 Å². The Morgan fingerprint density at radius 1 is 0.458 bits per heavy atom. The molecule has 0 aromatic carbocycles. The van der Waals surface area contributed by atoms with Crippen LogP contribution in [0.1, 0.15) is 272 Å². The van der Waals surface area contributed by atoms with Crippen LogP contribution in [0, 0.1) is 0 Å². The van der Waals surface area contributed by atoms with Gasteiger partial charge in [0.2, 0.25) is 0 Å². The number of nitrogens with zero attached hydrogens (tertiary/aromatic N) is 1. The molecule has 2 N–H and O–H groups in total. The zero-order valence-electron chi connectivity index (χ0n) is 40.8. The summed E-state index contributed by atoms with van der Waals surface area (Å²) >= 11 is 0. The summed E-state index contributed by atoms with van der Waals surface area (Å²) in [5, 5.41) is 12.8. The molecule has 0 aromatic heterocycles. The van der Waals surface area contributed by atoms with Crippen LogP contribution in [0.2, 0.25) is 0 Å². The van der Waals surface area contributed by atoms with Crippen LogP contribution in [0.15, 0.2) is 24.3 Å². The van der Waals surface area contributed by atoms with E-state index >= 15 is 0 Å². The van der Waals surface area contributed by atoms with E-state index in [9.17, 15) is 9.90 Å². The van der Waals surface area contributed by atoms with Gasteiger partial charge in [-0.2, -0.15) is 0 Å². The molecule has 0 aliphatic heterocycles. The van der Waals surface area contributed by atoms with Gasteiger partial charge in [-0.25, -0.2) is 0 Å². The van der Waals surface area contributed by atoms with Gasteiger partial charge in [-0.05, 0) is 90.4 Å². The number of hydrogen-bond acceptors (Lipinski definition) is 5. The molecule has 0 bridgehead atoms. The van der Waals surface area contributed by atoms with E-state index in [2.05, 4.69) is 62.2 Å². The van der Waals surface area contributed by atoms with Gasteiger partial charge in [-0.1, -0.05) is 225 Å². The topological polar surface area (TPSA) is 61.8 Å². The molecule has 0 radical (unpaired) electrons. The van der Waals surface area contributed by atoms with E-state index in [1.165, 1.54) is 218 Å². The molecule has 5 nitrogen and oxygen atoms in total. The maximum Gasteiger partial charge on any atom is 0.305 e. The first-order chi connectivity index (χ1) is 29.2. The Morgan fingerprint density at radius 3 is 1.32 bits per heavy atom. The summed E-state index contributed by atoms with van der Waals surface area (Å²) in [5.41, 5.74) is 0. The lowest BCUT2D eigenvalue weighted by atomic mass is 10.1. The summed E-state index contributed by atoms with van der Waals surface area (Å²) in [6.07, 6.45) is 58.3. The molecule has 0 saturated heterocycles. The minimum Gasteiger partial charge on any atom is -0.466 e. The SMILES string of the molecule is CCCCC/C=C\C/C=C\CCCCCCCCN(CCO)CCCCCCCCCC(=O)OCCCCCCCCCC.CCCCCCCCCCCCNCC. The molecule has 59 heavy (non-hydrogen) atoms. The Morgan fingerprint density at radius 2 is 0.847 bits per heavy atom. The van der Waals surface area contributed by atoms with E-state index in [1.54, 1.807) is 0 Å². The normalized spacial score (nSPS) is 11.6. The quantitative estimate of drug-likeness (QED) is 0.0363. The van der Waals surface area contributed by atoms with Gasteiger partial charge in [0.25, 0.3) is 0 Å². The van der Waals surface area contributed by atoms with Crippen LogP contribution >= 0.6 is 0 Å². The van der Waals surface area contributed by atoms with Crippen LogP contribution in [-0.2, 0) is 9.53 Å². The molecule has 352 valence electrons. The van der Waals surface area contributed by atoms with Gasteiger partial charge in [0.15, 0.2) is 0 Å². The van der Waals surface area contributed by atoms with Gasteiger partial charge in [0.1, 0.15) is 0 Å². The Balaban J connectivity index is 0. The van der Waals surface area contributed by atoms with Crippen LogP contribution in [0.5, 0.6) is 0 Å². The summed E-state index contributed by atoms with van der Waals surface area (Å²) in [4.78, 5) is 14.4. The van der Waals surface area contributed by atoms with Crippen LogP contribution in [0.3, 0.4) is 0 Å². The minimum atomic E-state index is -0.00303. The fraction of sp³-hybridized carbons (Fsp3) is 0.907. The first-order valence-corrected chi connectivity index (χ1v) is 26.7. The first kappa shape index (κ1) is 59.9. The van der Waals surface area contributed by atoms with Gasteiger partial charge < -0.3 is 20.1 Å². The van der Waals surface area contributed by atoms with Crippen molar-refractivity contribution in [2.45, 2.75) is 272 Å². The van der Waals surface area contributed by atoms with Gasteiger partial charge in [-0.15, -0.1) is 0 Å². The number of aliphatic hydroxyl groups is 1. The average Bonchev–Trinajstić information content (AvgIpc) is 3.24. The molecule has 0 amide bonds. The maximum atomic E-state index is 11.9. The number of carbonyl (C=O) groups excluding carboxylic acids is 1. The highest BCUT2D eigenvalue weighted by molar-refractivity contribution is 5.69. The van der Waals surface area contributed by atoms with E-state index < -0.39 is 0 Å². The van der Waals surface area contributed by atoms with Gasteiger partial charge in [-0.3, -0.25) is 4.79 Å². The van der Waals surface area contributed by atoms with Crippen molar-refractivity contribution >= 4 is 5.97 Å². The molecule has 0 atom stereocenters. The van der Waals surface area contributed by atoms with E-state index in [1.807, 2.05) is 0 Å². The van der Waals surface area contributed by atoms with Crippen molar-refractivity contribution in [3.8, 4) is 0 Å². The lowest BCUT2D eigenvalue weighted by Crippen LogP contribution is -2.29. The second kappa shape index (κ2) is 56.8. The lowest BCUT2D eigenvalue weighted by Gasteiger charge is -2.21. The van der Waals surface area contributed by atoms with Crippen LogP contribution in [0.4, 0.5) is 0 Å². The van der Waals surface area contributed by atoms with Crippen molar-refractivity contribution in [2.24, 2.45) is 0 Å². The molecule has 0 rings (SSSR count). The Kier molecular flexibility index (Phi) is 57.7. The Bertz CT molecular complexity index is 803. The fourth-order valence-corrected chi connectivity index (χ4v) is 7.70. The summed E-state index contributed by atoms with van der Waals surface area (Å²) in [6, 6.07) is 0. The van der Waals surface area contributed by atoms with Crippen molar-refractivity contribution in [2.75, 3.05) is 45.9 Å². The molecule has 0 saturated carbocycles. The molecule has 0 spiro atoms. The van der Waals surface area contributed by atoms with Crippen LogP contribution in [-0.4, -0.2) is 61.9 Å². The second-order valence-corrected chi connectivity index (χ2v) is 17.6. The largest absolute Gasteiger partial charge is 0.466 e. The number of nitrogens with one attached hydrogen (secondary N) is 1. The number of esters is 1. The van der Waals surface area contributed by atoms with Gasteiger partial charge in [0, 0.05) is 13.0 Å². The van der Waals surface area contributed by atoms with Crippen molar-refractivity contribution in [3.63, 3.8) is 0 Å². The molecular formula is C54H108N2O3. The zero-order chi connectivity index (χ0) is 43.2. The highest BCUT2D eigenvalue weighted by Crippen LogP contribution is 2.13. The summed E-state index contributed by atoms with van der Waals surface area (Å²) in [5.74, 6) is -0.00303. The number of allylic oxidation sites excluding steroid dienone is 4. The van der Waals surface area contributed by atoms with Crippen molar-refractivity contribution in [3.05, 3.63) is 24.3 Å². The Labute approximate surface area is 371 Å². The monoisotopic (exact) mass is 833 g/mol. The smallest absolute Gasteiger partial charge is 0.305 e. The number of ether oxygens (including phenoxy) is 1. The van der Waals surface area contributed by atoms with Crippen molar-refractivity contribution in [1.29, 1.82) is 0 Å². The third-order valence-electron chi connectivity index (χ3n) is 11.7. The van der Waals surface area contributed by atoms with Crippen LogP contribution < -0.4 is 5.32 Å². The highest BCUT2D eigenvalue weighted by atomic mass is 16.5. The molecule has 0 heterocycles. The van der Waals surface area contributed by atoms with E-state index in [0.717, 1.165) is 51.9 Å². The van der Waals surface area contributed by atoms with Crippen molar-refractivity contribution < 1.29 is 14.6 Å². The predicted octanol–water partition coefficient (Wildman–Crippen LogP) is 16.4. The van der Waals surface area contributed by atoms with E-state index in [-0.39, 0.29) is 12.6 Å². The molecular weight excluding hydrogens is 725 g/mol. The third kappa shape index (κ3) is 56.8. The maximum absolute atomic E-state index is 11.9. The first-order valence-electron chi connectivity index (χ1n) is 26.7. The minimum absolute atomic E-state index is 0.00303. The number of hydrogen-bond donors (Lipinski definition) is 2. The Hall–Kier alpha value is -1.17. The van der Waals surface area contributed by atoms with E-state index in [0.29, 0.717) is 13.0 Å². The zero-order valence-corrected chi connectivity index (χ0v) is 40.8. The lowest BCUT2D eigenvalue weighted by molar-refractivity contribution is -0.143. The molecule has 0 fully saturated rings. The number of rotatable bonds is 48. The number of carbonyl (C=O) groups is 1. The predicted molar refractivity (Wildman–Crippen MR) is 264 cm³/mol. The number of aliphatic hydroxyl groups excluding tert-OH is 1. The average molecular weight is 833 g/mol. The standard InChI is InChI=1S/C40H77NO3.C14H31N/c1-3-5-7-9-11-13-14-15-16-17-18-19-20-23-27-31-35-41(37-38-42)36-32-28-24-21-22-26-30-34-40(43)44-39-33-29-25-12-10-8-6-4-2;1-3-5-6-7-8-9-10-11-12-13-14-15-4-2/h11,13,15-16,42H,3-10,12,14,17-39H2,1-2H3;15H,3-14H2,1-2H3/b13-11-,16-15-;. The molecule has 0 aromatic rings. The third-order valence-corrected chi connectivity index (χ3v) is 11.7. The molecule has 5 heteroatoms. The van der Waals surface area contributed by atoms with Crippen molar-refractivity contribution in [1.82, 2.24) is 10.2 Å². The molecule has 0 aliphatic rings.